The molecule has 3 nitrogen and oxygen atoms in total. The van der Waals surface area contributed by atoms with E-state index in [0.29, 0.717) is 0 Å². The van der Waals surface area contributed by atoms with Crippen LogP contribution >= 0.6 is 0 Å². The molecule has 1 saturated carbocycles. The predicted octanol–water partition coefficient (Wildman–Crippen LogP) is 2.66. The third-order valence-corrected chi connectivity index (χ3v) is 4.34. The summed E-state index contributed by atoms with van der Waals surface area (Å²) in [5.74, 6) is 0.749. The molecule has 0 spiro atoms. The number of halogens is 1. The summed E-state index contributed by atoms with van der Waals surface area (Å²) in [6.45, 7) is 4.27. The molecule has 0 unspecified atom stereocenters. The molecule has 20 heavy (non-hydrogen) atoms. The van der Waals surface area contributed by atoms with E-state index in [1.54, 1.807) is 6.07 Å². The van der Waals surface area contributed by atoms with E-state index >= 15 is 0 Å². The standard InChI is InChI=1S/C16H18FN3/c17-13-3-1-12-2-6-16(18-15(12)11-13)20-9-7-19(8-10-20)14-4-5-14/h1-3,6,11,14H,4-5,7-10H2. The van der Waals surface area contributed by atoms with Crippen LogP contribution in [0, 0.1) is 5.82 Å². The van der Waals surface area contributed by atoms with Crippen molar-refractivity contribution in [1.29, 1.82) is 0 Å². The van der Waals surface area contributed by atoms with Gasteiger partial charge < -0.3 is 4.90 Å². The van der Waals surface area contributed by atoms with E-state index in [4.69, 9.17) is 0 Å². The fraction of sp³-hybridized carbons (Fsp3) is 0.438. The summed E-state index contributed by atoms with van der Waals surface area (Å²) in [5.41, 5.74) is 0.743. The number of anilines is 1. The van der Waals surface area contributed by atoms with Crippen LogP contribution in [0.4, 0.5) is 10.2 Å². The van der Waals surface area contributed by atoms with E-state index in [1.807, 2.05) is 12.1 Å². The van der Waals surface area contributed by atoms with Crippen LogP contribution in [0.25, 0.3) is 10.9 Å². The molecule has 1 aliphatic carbocycles. The number of hydrogen-bond acceptors (Lipinski definition) is 3. The van der Waals surface area contributed by atoms with Gasteiger partial charge in [-0.25, -0.2) is 9.37 Å². The number of benzene rings is 1. The van der Waals surface area contributed by atoms with Gasteiger partial charge in [-0.1, -0.05) is 0 Å². The number of aromatic nitrogens is 1. The van der Waals surface area contributed by atoms with E-state index in [0.717, 1.165) is 48.9 Å². The van der Waals surface area contributed by atoms with Crippen LogP contribution in [-0.4, -0.2) is 42.1 Å². The minimum atomic E-state index is -0.222. The molecule has 2 fully saturated rings. The van der Waals surface area contributed by atoms with E-state index in [-0.39, 0.29) is 5.82 Å². The zero-order valence-corrected chi connectivity index (χ0v) is 11.4. The van der Waals surface area contributed by atoms with E-state index in [9.17, 15) is 4.39 Å². The molecule has 0 radical (unpaired) electrons. The third-order valence-electron chi connectivity index (χ3n) is 4.34. The first-order valence-electron chi connectivity index (χ1n) is 7.35. The number of rotatable bonds is 2. The average Bonchev–Trinajstić information content (AvgIpc) is 3.31. The largest absolute Gasteiger partial charge is 0.354 e. The van der Waals surface area contributed by atoms with Crippen molar-refractivity contribution >= 4 is 16.7 Å². The van der Waals surface area contributed by atoms with E-state index in [2.05, 4.69) is 14.8 Å². The summed E-state index contributed by atoms with van der Waals surface area (Å²) < 4.78 is 13.3. The van der Waals surface area contributed by atoms with Gasteiger partial charge >= 0.3 is 0 Å². The first-order chi connectivity index (χ1) is 9.79. The summed E-state index contributed by atoms with van der Waals surface area (Å²) in [5, 5.41) is 0.992. The van der Waals surface area contributed by atoms with Crippen molar-refractivity contribution in [3.05, 3.63) is 36.1 Å². The third kappa shape index (κ3) is 2.24. The van der Waals surface area contributed by atoms with Crippen LogP contribution in [0.15, 0.2) is 30.3 Å². The second-order valence-electron chi connectivity index (χ2n) is 5.76. The zero-order chi connectivity index (χ0) is 13.5. The van der Waals surface area contributed by atoms with Gasteiger partial charge in [0.2, 0.25) is 0 Å². The first-order valence-corrected chi connectivity index (χ1v) is 7.35. The molecule has 2 heterocycles. The fourth-order valence-electron chi connectivity index (χ4n) is 3.01. The Morgan fingerprint density at radius 3 is 2.50 bits per heavy atom. The molecule has 1 aromatic heterocycles. The maximum atomic E-state index is 13.3. The van der Waals surface area contributed by atoms with E-state index < -0.39 is 0 Å². The Balaban J connectivity index is 1.55. The predicted molar refractivity (Wildman–Crippen MR) is 78.5 cm³/mol. The van der Waals surface area contributed by atoms with Crippen molar-refractivity contribution in [3.63, 3.8) is 0 Å². The Hall–Kier alpha value is -1.68. The van der Waals surface area contributed by atoms with Gasteiger partial charge in [0.25, 0.3) is 0 Å². The van der Waals surface area contributed by atoms with Crippen molar-refractivity contribution in [2.45, 2.75) is 18.9 Å². The molecule has 1 aliphatic heterocycles. The highest BCUT2D eigenvalue weighted by Gasteiger charge is 2.31. The van der Waals surface area contributed by atoms with E-state index in [1.165, 1.54) is 25.0 Å². The van der Waals surface area contributed by atoms with Gasteiger partial charge in [-0.3, -0.25) is 4.90 Å². The van der Waals surface area contributed by atoms with Crippen molar-refractivity contribution in [2.75, 3.05) is 31.1 Å². The highest BCUT2D eigenvalue weighted by atomic mass is 19.1. The summed E-state index contributed by atoms with van der Waals surface area (Å²) in [6.07, 6.45) is 2.74. The second kappa shape index (κ2) is 4.70. The molecule has 2 aromatic rings. The summed E-state index contributed by atoms with van der Waals surface area (Å²) in [4.78, 5) is 9.50. The smallest absolute Gasteiger partial charge is 0.129 e. The van der Waals surface area contributed by atoms with Crippen LogP contribution in [0.2, 0.25) is 0 Å². The number of fused-ring (bicyclic) bond motifs is 1. The second-order valence-corrected chi connectivity index (χ2v) is 5.76. The number of nitrogens with zero attached hydrogens (tertiary/aromatic N) is 3. The van der Waals surface area contributed by atoms with Crippen LogP contribution in [0.5, 0.6) is 0 Å². The lowest BCUT2D eigenvalue weighted by Crippen LogP contribution is -2.47. The van der Waals surface area contributed by atoms with Gasteiger partial charge in [-0.05, 0) is 37.1 Å². The molecular formula is C16H18FN3. The minimum absolute atomic E-state index is 0.222. The lowest BCUT2D eigenvalue weighted by Gasteiger charge is -2.35. The number of piperazine rings is 1. The fourth-order valence-corrected chi connectivity index (χ4v) is 3.01. The molecule has 0 bridgehead atoms. The maximum absolute atomic E-state index is 13.3. The molecule has 1 aromatic carbocycles. The highest BCUT2D eigenvalue weighted by molar-refractivity contribution is 5.80. The minimum Gasteiger partial charge on any atom is -0.354 e. The Labute approximate surface area is 118 Å². The molecule has 0 amide bonds. The van der Waals surface area contributed by atoms with Crippen LogP contribution in [0.3, 0.4) is 0 Å². The van der Waals surface area contributed by atoms with Gasteiger partial charge in [0.15, 0.2) is 0 Å². The van der Waals surface area contributed by atoms with Gasteiger partial charge in [-0.15, -0.1) is 0 Å². The normalized spacial score (nSPS) is 20.6. The average molecular weight is 271 g/mol. The lowest BCUT2D eigenvalue weighted by atomic mass is 10.2. The number of hydrogen-bond donors (Lipinski definition) is 0. The molecular weight excluding hydrogens is 253 g/mol. The van der Waals surface area contributed by atoms with Crippen molar-refractivity contribution in [2.24, 2.45) is 0 Å². The van der Waals surface area contributed by atoms with Gasteiger partial charge in [0.05, 0.1) is 5.52 Å². The van der Waals surface area contributed by atoms with Crippen LogP contribution in [-0.2, 0) is 0 Å². The SMILES string of the molecule is Fc1ccc2ccc(N3CCN(C4CC4)CC3)nc2c1. The highest BCUT2D eigenvalue weighted by Crippen LogP contribution is 2.28. The molecule has 1 saturated heterocycles. The van der Waals surface area contributed by atoms with Gasteiger partial charge in [-0.2, -0.15) is 0 Å². The Morgan fingerprint density at radius 2 is 1.75 bits per heavy atom. The van der Waals surface area contributed by atoms with Gasteiger partial charge in [0, 0.05) is 43.7 Å². The molecule has 4 heteroatoms. The first kappa shape index (κ1) is 12.1. The zero-order valence-electron chi connectivity index (χ0n) is 11.4. The van der Waals surface area contributed by atoms with Crippen LogP contribution < -0.4 is 4.90 Å². The Morgan fingerprint density at radius 1 is 1.00 bits per heavy atom. The molecule has 2 aliphatic rings. The Bertz CT molecular complexity index is 631. The molecule has 4 rings (SSSR count). The quantitative estimate of drug-likeness (QED) is 0.837. The molecule has 0 atom stereocenters. The van der Waals surface area contributed by atoms with Crippen molar-refractivity contribution in [1.82, 2.24) is 9.88 Å². The van der Waals surface area contributed by atoms with Gasteiger partial charge in [0.1, 0.15) is 11.6 Å². The molecule has 0 N–H and O–H groups in total. The van der Waals surface area contributed by atoms with Crippen LogP contribution in [0.1, 0.15) is 12.8 Å². The monoisotopic (exact) mass is 271 g/mol. The summed E-state index contributed by atoms with van der Waals surface area (Å²) in [7, 11) is 0. The van der Waals surface area contributed by atoms with Crippen molar-refractivity contribution < 1.29 is 4.39 Å². The lowest BCUT2D eigenvalue weighted by molar-refractivity contribution is 0.247. The summed E-state index contributed by atoms with van der Waals surface area (Å²) >= 11 is 0. The van der Waals surface area contributed by atoms with Crippen molar-refractivity contribution in [3.8, 4) is 0 Å². The maximum Gasteiger partial charge on any atom is 0.129 e. The molecule has 104 valence electrons. The number of pyridine rings is 1. The Kier molecular flexibility index (Phi) is 2.84. The summed E-state index contributed by atoms with van der Waals surface area (Å²) in [6, 6.07) is 9.71. The topological polar surface area (TPSA) is 19.4 Å².